The third kappa shape index (κ3) is 5.43. The second-order valence-corrected chi connectivity index (χ2v) is 6.66. The van der Waals surface area contributed by atoms with Crippen molar-refractivity contribution in [3.63, 3.8) is 0 Å². The lowest BCUT2D eigenvalue weighted by atomic mass is 10.1. The van der Waals surface area contributed by atoms with E-state index < -0.39 is 0 Å². The van der Waals surface area contributed by atoms with Gasteiger partial charge in [0, 0.05) is 23.9 Å². The predicted octanol–water partition coefficient (Wildman–Crippen LogP) is 4.97. The highest BCUT2D eigenvalue weighted by molar-refractivity contribution is 6.33. The minimum Gasteiger partial charge on any atom is -0.481 e. The van der Waals surface area contributed by atoms with Crippen LogP contribution in [0.5, 0.6) is 5.88 Å². The van der Waals surface area contributed by atoms with Crippen LogP contribution in [0.4, 0.5) is 23.1 Å². The third-order valence-electron chi connectivity index (χ3n) is 3.84. The fourth-order valence-corrected chi connectivity index (χ4v) is 2.82. The van der Waals surface area contributed by atoms with Crippen LogP contribution >= 0.6 is 23.2 Å². The molecule has 2 aromatic heterocycles. The summed E-state index contributed by atoms with van der Waals surface area (Å²) in [5.74, 6) is 0.947. The Kier molecular flexibility index (Phi) is 6.64. The van der Waals surface area contributed by atoms with Crippen molar-refractivity contribution >= 4 is 52.1 Å². The highest BCUT2D eigenvalue weighted by atomic mass is 35.5. The minimum absolute atomic E-state index is 0.0843. The summed E-state index contributed by atoms with van der Waals surface area (Å²) in [6, 6.07) is 10.7. The van der Waals surface area contributed by atoms with Gasteiger partial charge in [0.2, 0.25) is 11.8 Å². The van der Waals surface area contributed by atoms with E-state index in [1.807, 2.05) is 24.3 Å². The molecule has 3 aromatic rings. The first-order valence-corrected chi connectivity index (χ1v) is 9.25. The maximum atomic E-state index is 11.8. The lowest BCUT2D eigenvalue weighted by molar-refractivity contribution is -0.114. The molecule has 0 spiro atoms. The minimum atomic E-state index is -0.0843. The van der Waals surface area contributed by atoms with Crippen molar-refractivity contribution in [1.82, 2.24) is 15.0 Å². The SMILES string of the molecule is C=CC(=O)Cc1ccccc1Nc1nc(Nc2cc(Cl)nc(OC)c2)ncc1Cl. The number of hydrogen-bond acceptors (Lipinski definition) is 7. The van der Waals surface area contributed by atoms with E-state index in [0.29, 0.717) is 34.0 Å². The Morgan fingerprint density at radius 2 is 2.00 bits per heavy atom. The number of ether oxygens (including phenoxy) is 1. The molecule has 0 saturated heterocycles. The Balaban J connectivity index is 1.86. The zero-order valence-electron chi connectivity index (χ0n) is 15.4. The zero-order chi connectivity index (χ0) is 20.8. The Bertz CT molecular complexity index is 1060. The molecule has 2 heterocycles. The van der Waals surface area contributed by atoms with E-state index in [-0.39, 0.29) is 17.4 Å². The Morgan fingerprint density at radius 3 is 2.76 bits per heavy atom. The highest BCUT2D eigenvalue weighted by Gasteiger charge is 2.11. The number of hydrogen-bond donors (Lipinski definition) is 2. The number of rotatable bonds is 8. The molecule has 2 N–H and O–H groups in total. The number of carbonyl (C=O) groups excluding carboxylic acids is 1. The van der Waals surface area contributed by atoms with Gasteiger partial charge in [-0.05, 0) is 23.8 Å². The number of para-hydroxylation sites is 1. The van der Waals surface area contributed by atoms with Gasteiger partial charge in [-0.1, -0.05) is 48.0 Å². The van der Waals surface area contributed by atoms with Crippen LogP contribution in [0.2, 0.25) is 10.2 Å². The van der Waals surface area contributed by atoms with Crippen molar-refractivity contribution in [2.24, 2.45) is 0 Å². The van der Waals surface area contributed by atoms with Gasteiger partial charge in [-0.15, -0.1) is 0 Å². The summed E-state index contributed by atoms with van der Waals surface area (Å²) in [6.07, 6.45) is 2.98. The number of nitrogens with zero attached hydrogens (tertiary/aromatic N) is 3. The van der Waals surface area contributed by atoms with Gasteiger partial charge in [0.25, 0.3) is 0 Å². The van der Waals surface area contributed by atoms with E-state index in [4.69, 9.17) is 27.9 Å². The summed E-state index contributed by atoms with van der Waals surface area (Å²) in [5, 5.41) is 6.78. The number of benzene rings is 1. The molecule has 0 atom stereocenters. The number of anilines is 4. The molecule has 0 saturated carbocycles. The van der Waals surface area contributed by atoms with Crippen molar-refractivity contribution in [2.75, 3.05) is 17.7 Å². The van der Waals surface area contributed by atoms with Crippen molar-refractivity contribution < 1.29 is 9.53 Å². The van der Waals surface area contributed by atoms with E-state index in [1.54, 1.807) is 12.1 Å². The molecular formula is C20H17Cl2N5O2. The number of aromatic nitrogens is 3. The highest BCUT2D eigenvalue weighted by Crippen LogP contribution is 2.28. The van der Waals surface area contributed by atoms with Crippen LogP contribution in [0, 0.1) is 0 Å². The quantitative estimate of drug-likeness (QED) is 0.385. The number of allylic oxidation sites excluding steroid dienone is 1. The predicted molar refractivity (Wildman–Crippen MR) is 115 cm³/mol. The number of halogens is 2. The average Bonchev–Trinajstić information content (AvgIpc) is 2.71. The van der Waals surface area contributed by atoms with Crippen molar-refractivity contribution in [2.45, 2.75) is 6.42 Å². The van der Waals surface area contributed by atoms with Crippen LogP contribution in [0.3, 0.4) is 0 Å². The van der Waals surface area contributed by atoms with Crippen molar-refractivity contribution in [3.05, 3.63) is 71.0 Å². The van der Waals surface area contributed by atoms with Crippen LogP contribution in [0.1, 0.15) is 5.56 Å². The molecule has 3 rings (SSSR count). The fraction of sp³-hybridized carbons (Fsp3) is 0.100. The molecule has 0 aliphatic rings. The zero-order valence-corrected chi connectivity index (χ0v) is 17.0. The summed E-state index contributed by atoms with van der Waals surface area (Å²) in [7, 11) is 1.50. The van der Waals surface area contributed by atoms with Crippen LogP contribution in [0.15, 0.2) is 55.3 Å². The molecule has 9 heteroatoms. The second kappa shape index (κ2) is 9.36. The van der Waals surface area contributed by atoms with E-state index in [2.05, 4.69) is 32.2 Å². The number of methoxy groups -OCH3 is 1. The smallest absolute Gasteiger partial charge is 0.229 e. The first-order chi connectivity index (χ1) is 14.0. The number of carbonyl (C=O) groups is 1. The number of ketones is 1. The van der Waals surface area contributed by atoms with Gasteiger partial charge < -0.3 is 15.4 Å². The summed E-state index contributed by atoms with van der Waals surface area (Å²) >= 11 is 12.2. The topological polar surface area (TPSA) is 89.0 Å². The number of nitrogens with one attached hydrogen (secondary N) is 2. The monoisotopic (exact) mass is 429 g/mol. The van der Waals surface area contributed by atoms with Crippen LogP contribution in [-0.4, -0.2) is 27.8 Å². The average molecular weight is 430 g/mol. The standard InChI is InChI=1S/C20H17Cl2N5O2/c1-3-14(28)8-12-6-4-5-7-16(12)25-19-15(21)11-23-20(27-19)24-13-9-17(22)26-18(10-13)29-2/h3-7,9-11H,1,8H2,2H3,(H2,23,24,25,26,27). The van der Waals surface area contributed by atoms with E-state index >= 15 is 0 Å². The molecule has 0 unspecified atom stereocenters. The van der Waals surface area contributed by atoms with E-state index in [9.17, 15) is 4.79 Å². The molecule has 148 valence electrons. The normalized spacial score (nSPS) is 10.3. The molecule has 0 aliphatic carbocycles. The molecule has 0 radical (unpaired) electrons. The first kappa shape index (κ1) is 20.6. The van der Waals surface area contributed by atoms with Gasteiger partial charge >= 0.3 is 0 Å². The summed E-state index contributed by atoms with van der Waals surface area (Å²) in [6.45, 7) is 3.51. The van der Waals surface area contributed by atoms with Crippen LogP contribution < -0.4 is 15.4 Å². The van der Waals surface area contributed by atoms with Crippen LogP contribution in [0.25, 0.3) is 0 Å². The van der Waals surface area contributed by atoms with Gasteiger partial charge in [-0.25, -0.2) is 9.97 Å². The maximum Gasteiger partial charge on any atom is 0.229 e. The molecule has 1 aromatic carbocycles. The van der Waals surface area contributed by atoms with Crippen LogP contribution in [-0.2, 0) is 11.2 Å². The Labute approximate surface area is 177 Å². The summed E-state index contributed by atoms with van der Waals surface area (Å²) in [5.41, 5.74) is 2.11. The van der Waals surface area contributed by atoms with Gasteiger partial charge in [0.1, 0.15) is 10.2 Å². The lowest BCUT2D eigenvalue weighted by Crippen LogP contribution is -2.05. The van der Waals surface area contributed by atoms with Gasteiger partial charge in [-0.2, -0.15) is 4.98 Å². The van der Waals surface area contributed by atoms with E-state index in [0.717, 1.165) is 5.56 Å². The first-order valence-electron chi connectivity index (χ1n) is 8.50. The molecular weight excluding hydrogens is 413 g/mol. The lowest BCUT2D eigenvalue weighted by Gasteiger charge is -2.13. The largest absolute Gasteiger partial charge is 0.481 e. The molecule has 0 bridgehead atoms. The van der Waals surface area contributed by atoms with Crippen molar-refractivity contribution in [1.29, 1.82) is 0 Å². The van der Waals surface area contributed by atoms with E-state index in [1.165, 1.54) is 19.4 Å². The molecule has 0 amide bonds. The Hall–Kier alpha value is -3.16. The summed E-state index contributed by atoms with van der Waals surface area (Å²) in [4.78, 5) is 24.4. The third-order valence-corrected chi connectivity index (χ3v) is 4.31. The molecule has 0 aliphatic heterocycles. The van der Waals surface area contributed by atoms with Gasteiger partial charge in [0.15, 0.2) is 11.6 Å². The second-order valence-electron chi connectivity index (χ2n) is 5.87. The fourth-order valence-electron chi connectivity index (χ4n) is 2.48. The van der Waals surface area contributed by atoms with Gasteiger partial charge in [-0.3, -0.25) is 4.79 Å². The van der Waals surface area contributed by atoms with Gasteiger partial charge in [0.05, 0.1) is 13.3 Å². The van der Waals surface area contributed by atoms with Crippen molar-refractivity contribution in [3.8, 4) is 5.88 Å². The Morgan fingerprint density at radius 1 is 1.21 bits per heavy atom. The summed E-state index contributed by atoms with van der Waals surface area (Å²) < 4.78 is 5.10. The number of pyridine rings is 1. The maximum absolute atomic E-state index is 11.8. The molecule has 0 fully saturated rings. The molecule has 29 heavy (non-hydrogen) atoms. The molecule has 7 nitrogen and oxygen atoms in total.